The maximum absolute atomic E-state index is 11.9. The molecule has 0 aliphatic rings. The molecule has 0 saturated heterocycles. The van der Waals surface area contributed by atoms with Gasteiger partial charge in [0.1, 0.15) is 12.4 Å². The number of halogens is 1. The third-order valence-electron chi connectivity index (χ3n) is 4.32. The molecule has 3 aromatic carbocycles. The van der Waals surface area contributed by atoms with Crippen molar-refractivity contribution in [2.24, 2.45) is 5.10 Å². The quantitative estimate of drug-likeness (QED) is 0.386. The van der Waals surface area contributed by atoms with E-state index in [0.29, 0.717) is 28.9 Å². The molecule has 160 valence electrons. The first-order valence-corrected chi connectivity index (χ1v) is 9.98. The number of amides is 1. The van der Waals surface area contributed by atoms with Crippen LogP contribution in [0.1, 0.15) is 16.7 Å². The Kier molecular flexibility index (Phi) is 7.90. The molecule has 0 spiro atoms. The van der Waals surface area contributed by atoms with Crippen LogP contribution < -0.4 is 19.6 Å². The predicted molar refractivity (Wildman–Crippen MR) is 121 cm³/mol. The lowest BCUT2D eigenvalue weighted by Crippen LogP contribution is -2.24. The molecule has 0 bridgehead atoms. The molecule has 3 aromatic rings. The number of hydrogen-bond acceptors (Lipinski definition) is 5. The summed E-state index contributed by atoms with van der Waals surface area (Å²) >= 11 is 6.16. The van der Waals surface area contributed by atoms with Crippen LogP contribution in [0.3, 0.4) is 0 Å². The van der Waals surface area contributed by atoms with Gasteiger partial charge in [-0.25, -0.2) is 5.43 Å². The van der Waals surface area contributed by atoms with Crippen molar-refractivity contribution in [3.8, 4) is 17.2 Å². The number of benzene rings is 3. The Morgan fingerprint density at radius 1 is 1.03 bits per heavy atom. The van der Waals surface area contributed by atoms with Gasteiger partial charge >= 0.3 is 0 Å². The highest BCUT2D eigenvalue weighted by Gasteiger charge is 2.07. The molecule has 31 heavy (non-hydrogen) atoms. The first-order chi connectivity index (χ1) is 15.0. The topological polar surface area (TPSA) is 69.2 Å². The molecule has 3 rings (SSSR count). The van der Waals surface area contributed by atoms with Crippen LogP contribution in [0, 0.1) is 6.92 Å². The average Bonchev–Trinajstić information content (AvgIpc) is 2.78. The Labute approximate surface area is 186 Å². The van der Waals surface area contributed by atoms with E-state index in [4.69, 9.17) is 25.8 Å². The number of carbonyl (C=O) groups is 1. The van der Waals surface area contributed by atoms with E-state index in [1.807, 2.05) is 61.5 Å². The lowest BCUT2D eigenvalue weighted by atomic mass is 10.2. The minimum atomic E-state index is -0.358. The first-order valence-electron chi connectivity index (χ1n) is 9.61. The van der Waals surface area contributed by atoms with Crippen molar-refractivity contribution >= 4 is 23.7 Å². The second kappa shape index (κ2) is 11.0. The number of carbonyl (C=O) groups excluding carboxylic acids is 1. The summed E-state index contributed by atoms with van der Waals surface area (Å²) in [5, 5.41) is 4.61. The number of rotatable bonds is 9. The van der Waals surface area contributed by atoms with Gasteiger partial charge in [0.15, 0.2) is 18.1 Å². The highest BCUT2D eigenvalue weighted by molar-refractivity contribution is 6.31. The van der Waals surface area contributed by atoms with Crippen molar-refractivity contribution in [1.82, 2.24) is 5.43 Å². The van der Waals surface area contributed by atoms with Crippen LogP contribution in [-0.4, -0.2) is 25.8 Å². The SMILES string of the molecule is COc1cc(/C=N/NC(=O)COc2ccc(C)cc2)ccc1OCc1ccccc1Cl. The molecular weight excluding hydrogens is 416 g/mol. The van der Waals surface area contributed by atoms with Gasteiger partial charge in [0.2, 0.25) is 0 Å². The number of nitrogens with zero attached hydrogens (tertiary/aromatic N) is 1. The summed E-state index contributed by atoms with van der Waals surface area (Å²) in [7, 11) is 1.56. The normalized spacial score (nSPS) is 10.7. The standard InChI is InChI=1S/C24H23ClN2O4/c1-17-7-10-20(11-8-17)30-16-24(28)27-26-14-18-9-12-22(23(13-18)29-2)31-15-19-5-3-4-6-21(19)25/h3-14H,15-16H2,1-2H3,(H,27,28)/b26-14+. The van der Waals surface area contributed by atoms with Gasteiger partial charge in [-0.3, -0.25) is 4.79 Å². The summed E-state index contributed by atoms with van der Waals surface area (Å²) in [6.07, 6.45) is 1.52. The lowest BCUT2D eigenvalue weighted by molar-refractivity contribution is -0.123. The Hall–Kier alpha value is -3.51. The number of aryl methyl sites for hydroxylation is 1. The van der Waals surface area contributed by atoms with Crippen LogP contribution in [0.4, 0.5) is 0 Å². The smallest absolute Gasteiger partial charge is 0.277 e. The van der Waals surface area contributed by atoms with Crippen LogP contribution in [0.5, 0.6) is 17.2 Å². The number of hydrazone groups is 1. The fourth-order valence-corrected chi connectivity index (χ4v) is 2.84. The Morgan fingerprint density at radius 2 is 1.81 bits per heavy atom. The van der Waals surface area contributed by atoms with Gasteiger partial charge in [-0.15, -0.1) is 0 Å². The molecule has 1 amide bonds. The van der Waals surface area contributed by atoms with Gasteiger partial charge in [0.05, 0.1) is 13.3 Å². The van der Waals surface area contributed by atoms with Gasteiger partial charge in [-0.1, -0.05) is 47.5 Å². The summed E-state index contributed by atoms with van der Waals surface area (Å²) in [6.45, 7) is 2.18. The molecule has 0 fully saturated rings. The molecule has 0 radical (unpaired) electrons. The van der Waals surface area contributed by atoms with Crippen molar-refractivity contribution < 1.29 is 19.0 Å². The van der Waals surface area contributed by atoms with Crippen LogP contribution in [0.15, 0.2) is 71.8 Å². The van der Waals surface area contributed by atoms with Crippen molar-refractivity contribution in [3.05, 3.63) is 88.4 Å². The molecule has 0 saturated carbocycles. The van der Waals surface area contributed by atoms with Crippen molar-refractivity contribution in [1.29, 1.82) is 0 Å². The third kappa shape index (κ3) is 6.76. The number of hydrogen-bond donors (Lipinski definition) is 1. The zero-order valence-electron chi connectivity index (χ0n) is 17.3. The predicted octanol–water partition coefficient (Wildman–Crippen LogP) is 4.77. The molecule has 6 nitrogen and oxygen atoms in total. The Morgan fingerprint density at radius 3 is 2.55 bits per heavy atom. The Balaban J connectivity index is 1.52. The van der Waals surface area contributed by atoms with Crippen LogP contribution in [0.25, 0.3) is 0 Å². The molecule has 0 aliphatic heterocycles. The minimum Gasteiger partial charge on any atom is -0.493 e. The fraction of sp³-hybridized carbons (Fsp3) is 0.167. The lowest BCUT2D eigenvalue weighted by Gasteiger charge is -2.12. The molecule has 0 heterocycles. The number of ether oxygens (including phenoxy) is 3. The van der Waals surface area contributed by atoms with Crippen molar-refractivity contribution in [2.45, 2.75) is 13.5 Å². The van der Waals surface area contributed by atoms with Gasteiger partial charge in [0.25, 0.3) is 5.91 Å². The second-order valence-corrected chi connectivity index (χ2v) is 7.09. The zero-order chi connectivity index (χ0) is 22.1. The summed E-state index contributed by atoms with van der Waals surface area (Å²) in [6, 6.07) is 20.3. The maximum atomic E-state index is 11.9. The largest absolute Gasteiger partial charge is 0.493 e. The summed E-state index contributed by atoms with van der Waals surface area (Å²) in [5.74, 6) is 1.39. The summed E-state index contributed by atoms with van der Waals surface area (Å²) in [4.78, 5) is 11.9. The third-order valence-corrected chi connectivity index (χ3v) is 4.69. The molecule has 0 aliphatic carbocycles. The molecule has 0 atom stereocenters. The first kappa shape index (κ1) is 22.2. The van der Waals surface area contributed by atoms with E-state index in [0.717, 1.165) is 16.7 Å². The number of methoxy groups -OCH3 is 1. The van der Waals surface area contributed by atoms with E-state index in [-0.39, 0.29) is 12.5 Å². The van der Waals surface area contributed by atoms with Crippen LogP contribution in [0.2, 0.25) is 5.02 Å². The summed E-state index contributed by atoms with van der Waals surface area (Å²) < 4.78 is 16.7. The number of nitrogens with one attached hydrogen (secondary N) is 1. The highest BCUT2D eigenvalue weighted by Crippen LogP contribution is 2.29. The van der Waals surface area contributed by atoms with E-state index in [1.165, 1.54) is 6.21 Å². The second-order valence-electron chi connectivity index (χ2n) is 6.69. The molecule has 0 aromatic heterocycles. The zero-order valence-corrected chi connectivity index (χ0v) is 18.1. The van der Waals surface area contributed by atoms with E-state index in [1.54, 1.807) is 19.2 Å². The van der Waals surface area contributed by atoms with Gasteiger partial charge < -0.3 is 14.2 Å². The van der Waals surface area contributed by atoms with E-state index < -0.39 is 0 Å². The average molecular weight is 439 g/mol. The molecule has 1 N–H and O–H groups in total. The van der Waals surface area contributed by atoms with Gasteiger partial charge in [0, 0.05) is 10.6 Å². The van der Waals surface area contributed by atoms with E-state index >= 15 is 0 Å². The molecular formula is C24H23ClN2O4. The van der Waals surface area contributed by atoms with Gasteiger partial charge in [-0.05, 0) is 48.9 Å². The highest BCUT2D eigenvalue weighted by atomic mass is 35.5. The summed E-state index contributed by atoms with van der Waals surface area (Å²) in [5.41, 5.74) is 5.18. The monoisotopic (exact) mass is 438 g/mol. The van der Waals surface area contributed by atoms with Crippen LogP contribution in [-0.2, 0) is 11.4 Å². The van der Waals surface area contributed by atoms with Gasteiger partial charge in [-0.2, -0.15) is 5.10 Å². The van der Waals surface area contributed by atoms with Crippen molar-refractivity contribution in [2.75, 3.05) is 13.7 Å². The minimum absolute atomic E-state index is 0.126. The maximum Gasteiger partial charge on any atom is 0.277 e. The van der Waals surface area contributed by atoms with Crippen molar-refractivity contribution in [3.63, 3.8) is 0 Å². The van der Waals surface area contributed by atoms with E-state index in [9.17, 15) is 4.79 Å². The molecule has 7 heteroatoms. The fourth-order valence-electron chi connectivity index (χ4n) is 2.65. The van der Waals surface area contributed by atoms with E-state index in [2.05, 4.69) is 10.5 Å². The Bertz CT molecular complexity index is 1050. The van der Waals surface area contributed by atoms with Crippen LogP contribution >= 0.6 is 11.6 Å². The molecule has 0 unspecified atom stereocenters.